The highest BCUT2D eigenvalue weighted by Gasteiger charge is 2.21. The molecule has 3 heteroatoms. The van der Waals surface area contributed by atoms with Crippen LogP contribution >= 0.6 is 0 Å². The third-order valence-electron chi connectivity index (χ3n) is 3.71. The van der Waals surface area contributed by atoms with Gasteiger partial charge >= 0.3 is 0 Å². The van der Waals surface area contributed by atoms with Gasteiger partial charge in [0, 0.05) is 25.9 Å². The van der Waals surface area contributed by atoms with Crippen molar-refractivity contribution in [3.8, 4) is 5.75 Å². The normalized spacial score (nSPS) is 16.6. The Balaban J connectivity index is 2.28. The maximum atomic E-state index is 11.3. The average Bonchev–Trinajstić information content (AvgIpc) is 2.38. The smallest absolute Gasteiger partial charge is 0.142 e. The largest absolute Gasteiger partial charge is 0.495 e. The maximum Gasteiger partial charge on any atom is 0.142 e. The number of piperidine rings is 1. The topological polar surface area (TPSA) is 29.5 Å². The summed E-state index contributed by atoms with van der Waals surface area (Å²) in [5.74, 6) is 1.27. The van der Waals surface area contributed by atoms with Gasteiger partial charge in [0.15, 0.2) is 0 Å². The minimum atomic E-state index is 0.115. The van der Waals surface area contributed by atoms with E-state index in [9.17, 15) is 4.79 Å². The van der Waals surface area contributed by atoms with Crippen molar-refractivity contribution in [1.29, 1.82) is 0 Å². The molecule has 3 nitrogen and oxygen atoms in total. The van der Waals surface area contributed by atoms with Gasteiger partial charge in [-0.3, -0.25) is 4.79 Å². The zero-order valence-electron chi connectivity index (χ0n) is 12.3. The van der Waals surface area contributed by atoms with Crippen molar-refractivity contribution in [2.75, 3.05) is 25.1 Å². The second-order valence-electron chi connectivity index (χ2n) is 6.16. The van der Waals surface area contributed by atoms with Crippen molar-refractivity contribution in [2.45, 2.75) is 39.0 Å². The van der Waals surface area contributed by atoms with Crippen LogP contribution in [0.25, 0.3) is 0 Å². The van der Waals surface area contributed by atoms with Gasteiger partial charge in [-0.1, -0.05) is 26.8 Å². The summed E-state index contributed by atoms with van der Waals surface area (Å²) in [6.45, 7) is 8.18. The van der Waals surface area contributed by atoms with E-state index in [0.29, 0.717) is 18.6 Å². The molecule has 0 saturated carbocycles. The van der Waals surface area contributed by atoms with E-state index in [0.717, 1.165) is 24.5 Å². The van der Waals surface area contributed by atoms with Gasteiger partial charge in [0.2, 0.25) is 0 Å². The van der Waals surface area contributed by atoms with Crippen LogP contribution in [0.4, 0.5) is 5.69 Å². The minimum absolute atomic E-state index is 0.115. The second-order valence-corrected chi connectivity index (χ2v) is 6.16. The molecule has 0 atom stereocenters. The van der Waals surface area contributed by atoms with Crippen LogP contribution in [0.2, 0.25) is 0 Å². The standard InChI is InChI=1S/C16H23NO2/c1-16(2,3)12-5-6-14(15(11-12)19-4)17-9-7-13(18)8-10-17/h5-6,11H,7-10H2,1-4H3. The van der Waals surface area contributed by atoms with E-state index >= 15 is 0 Å². The van der Waals surface area contributed by atoms with Crippen molar-refractivity contribution in [2.24, 2.45) is 0 Å². The molecule has 2 rings (SSSR count). The summed E-state index contributed by atoms with van der Waals surface area (Å²) in [5.41, 5.74) is 2.48. The molecule has 104 valence electrons. The fourth-order valence-electron chi connectivity index (χ4n) is 2.40. The summed E-state index contributed by atoms with van der Waals surface area (Å²) in [7, 11) is 1.71. The van der Waals surface area contributed by atoms with E-state index < -0.39 is 0 Å². The molecule has 1 heterocycles. The highest BCUT2D eigenvalue weighted by Crippen LogP contribution is 2.34. The SMILES string of the molecule is COc1cc(C(C)(C)C)ccc1N1CCC(=O)CC1. The van der Waals surface area contributed by atoms with Crippen molar-refractivity contribution in [3.05, 3.63) is 23.8 Å². The fraction of sp³-hybridized carbons (Fsp3) is 0.562. The first-order valence-electron chi connectivity index (χ1n) is 6.87. The molecule has 0 bridgehead atoms. The van der Waals surface area contributed by atoms with E-state index in [2.05, 4.69) is 43.9 Å². The molecule has 19 heavy (non-hydrogen) atoms. The van der Waals surface area contributed by atoms with E-state index in [-0.39, 0.29) is 5.41 Å². The van der Waals surface area contributed by atoms with Gasteiger partial charge in [0.05, 0.1) is 12.8 Å². The molecule has 0 aromatic heterocycles. The molecule has 1 aromatic rings. The molecular weight excluding hydrogens is 238 g/mol. The monoisotopic (exact) mass is 261 g/mol. The number of Topliss-reactive ketones (excluding diaryl/α,β-unsaturated/α-hetero) is 1. The number of hydrogen-bond donors (Lipinski definition) is 0. The summed E-state index contributed by atoms with van der Waals surface area (Å²) in [6, 6.07) is 6.40. The van der Waals surface area contributed by atoms with Gasteiger partial charge in [-0.15, -0.1) is 0 Å². The fourth-order valence-corrected chi connectivity index (χ4v) is 2.40. The van der Waals surface area contributed by atoms with E-state index in [1.165, 1.54) is 5.56 Å². The third-order valence-corrected chi connectivity index (χ3v) is 3.71. The number of carbonyl (C=O) groups is 1. The first-order chi connectivity index (χ1) is 8.91. The Morgan fingerprint density at radius 2 is 1.79 bits per heavy atom. The van der Waals surface area contributed by atoms with Crippen LogP contribution in [0.3, 0.4) is 0 Å². The molecule has 0 aliphatic carbocycles. The van der Waals surface area contributed by atoms with Crippen molar-refractivity contribution >= 4 is 11.5 Å². The Bertz CT molecular complexity index is 464. The number of hydrogen-bond acceptors (Lipinski definition) is 3. The number of rotatable bonds is 2. The molecule has 0 unspecified atom stereocenters. The Hall–Kier alpha value is -1.51. The van der Waals surface area contributed by atoms with Crippen molar-refractivity contribution in [1.82, 2.24) is 0 Å². The van der Waals surface area contributed by atoms with Gasteiger partial charge in [-0.05, 0) is 23.1 Å². The Labute approximate surface area is 115 Å². The highest BCUT2D eigenvalue weighted by molar-refractivity contribution is 5.81. The summed E-state index contributed by atoms with van der Waals surface area (Å²) in [5, 5.41) is 0. The Morgan fingerprint density at radius 1 is 1.16 bits per heavy atom. The lowest BCUT2D eigenvalue weighted by Gasteiger charge is -2.30. The Morgan fingerprint density at radius 3 is 2.32 bits per heavy atom. The summed E-state index contributed by atoms with van der Waals surface area (Å²) in [6.07, 6.45) is 1.29. The van der Waals surface area contributed by atoms with Crippen LogP contribution in [0.15, 0.2) is 18.2 Å². The second kappa shape index (κ2) is 5.24. The lowest BCUT2D eigenvalue weighted by atomic mass is 9.86. The number of carbonyl (C=O) groups excluding carboxylic acids is 1. The molecule has 1 saturated heterocycles. The summed E-state index contributed by atoms with van der Waals surface area (Å²) < 4.78 is 5.53. The van der Waals surface area contributed by atoms with E-state index in [4.69, 9.17) is 4.74 Å². The van der Waals surface area contributed by atoms with Gasteiger partial charge in [0.1, 0.15) is 11.5 Å². The summed E-state index contributed by atoms with van der Waals surface area (Å²) >= 11 is 0. The third kappa shape index (κ3) is 3.09. The van der Waals surface area contributed by atoms with Crippen LogP contribution in [0, 0.1) is 0 Å². The van der Waals surface area contributed by atoms with E-state index in [1.54, 1.807) is 7.11 Å². The average molecular weight is 261 g/mol. The first-order valence-corrected chi connectivity index (χ1v) is 6.87. The quantitative estimate of drug-likeness (QED) is 0.819. The predicted molar refractivity (Wildman–Crippen MR) is 78.1 cm³/mol. The molecule has 1 aromatic carbocycles. The molecule has 0 amide bonds. The number of methoxy groups -OCH3 is 1. The number of ether oxygens (including phenoxy) is 1. The number of anilines is 1. The van der Waals surface area contributed by atoms with Gasteiger partial charge in [0.25, 0.3) is 0 Å². The van der Waals surface area contributed by atoms with Gasteiger partial charge in [-0.2, -0.15) is 0 Å². The van der Waals surface area contributed by atoms with Gasteiger partial charge < -0.3 is 9.64 Å². The molecule has 1 fully saturated rings. The molecule has 0 spiro atoms. The molecule has 1 aliphatic heterocycles. The number of nitrogens with zero attached hydrogens (tertiary/aromatic N) is 1. The molecule has 0 N–H and O–H groups in total. The van der Waals surface area contributed by atoms with Crippen LogP contribution in [-0.2, 0) is 10.2 Å². The lowest BCUT2D eigenvalue weighted by molar-refractivity contribution is -0.119. The number of ketones is 1. The minimum Gasteiger partial charge on any atom is -0.495 e. The van der Waals surface area contributed by atoms with Crippen molar-refractivity contribution < 1.29 is 9.53 Å². The predicted octanol–water partition coefficient (Wildman–Crippen LogP) is 3.16. The zero-order chi connectivity index (χ0) is 14.0. The van der Waals surface area contributed by atoms with Crippen LogP contribution < -0.4 is 9.64 Å². The van der Waals surface area contributed by atoms with Crippen LogP contribution in [0.1, 0.15) is 39.2 Å². The van der Waals surface area contributed by atoms with Gasteiger partial charge in [-0.25, -0.2) is 0 Å². The zero-order valence-corrected chi connectivity index (χ0v) is 12.3. The maximum absolute atomic E-state index is 11.3. The summed E-state index contributed by atoms with van der Waals surface area (Å²) in [4.78, 5) is 13.6. The first kappa shape index (κ1) is 13.9. The molecule has 1 aliphatic rings. The highest BCUT2D eigenvalue weighted by atomic mass is 16.5. The van der Waals surface area contributed by atoms with Crippen LogP contribution in [0.5, 0.6) is 5.75 Å². The Kier molecular flexibility index (Phi) is 3.83. The van der Waals surface area contributed by atoms with E-state index in [1.807, 2.05) is 0 Å². The molecule has 0 radical (unpaired) electrons. The number of benzene rings is 1. The lowest BCUT2D eigenvalue weighted by Crippen LogP contribution is -2.34. The van der Waals surface area contributed by atoms with Crippen LogP contribution in [-0.4, -0.2) is 26.0 Å². The van der Waals surface area contributed by atoms with Crippen molar-refractivity contribution in [3.63, 3.8) is 0 Å². The molecular formula is C16H23NO2.